The fourth-order valence-electron chi connectivity index (χ4n) is 1.14. The molecule has 13 heavy (non-hydrogen) atoms. The van der Waals surface area contributed by atoms with Crippen LogP contribution in [-0.2, 0) is 4.74 Å². The van der Waals surface area contributed by atoms with E-state index in [-0.39, 0.29) is 0 Å². The van der Waals surface area contributed by atoms with E-state index in [2.05, 4.69) is 26.1 Å². The summed E-state index contributed by atoms with van der Waals surface area (Å²) >= 11 is 0. The van der Waals surface area contributed by atoms with Gasteiger partial charge in [0, 0.05) is 12.6 Å². The molecule has 0 spiro atoms. The van der Waals surface area contributed by atoms with E-state index in [4.69, 9.17) is 4.74 Å². The highest BCUT2D eigenvalue weighted by Crippen LogP contribution is 1.95. The van der Waals surface area contributed by atoms with Gasteiger partial charge < -0.3 is 10.1 Å². The van der Waals surface area contributed by atoms with E-state index in [9.17, 15) is 0 Å². The third-order valence-electron chi connectivity index (χ3n) is 2.14. The van der Waals surface area contributed by atoms with Crippen molar-refractivity contribution in [1.82, 2.24) is 5.32 Å². The minimum Gasteiger partial charge on any atom is -0.380 e. The van der Waals surface area contributed by atoms with Crippen molar-refractivity contribution in [3.8, 4) is 0 Å². The van der Waals surface area contributed by atoms with Crippen LogP contribution in [0.5, 0.6) is 0 Å². The molecule has 0 bridgehead atoms. The molecule has 0 rings (SSSR count). The van der Waals surface area contributed by atoms with Gasteiger partial charge in [0.15, 0.2) is 0 Å². The Hall–Kier alpha value is -0.0800. The number of rotatable bonds is 9. The number of unbranched alkanes of at least 4 members (excludes halogenated alkanes) is 1. The van der Waals surface area contributed by atoms with Crippen molar-refractivity contribution < 1.29 is 4.74 Å². The fraction of sp³-hybridized carbons (Fsp3) is 1.00. The lowest BCUT2D eigenvalue weighted by Gasteiger charge is -2.16. The number of hydrogen-bond donors (Lipinski definition) is 1. The van der Waals surface area contributed by atoms with Crippen molar-refractivity contribution >= 4 is 0 Å². The molecule has 0 heterocycles. The maximum Gasteiger partial charge on any atom is 0.0619 e. The van der Waals surface area contributed by atoms with E-state index < -0.39 is 0 Å². The van der Waals surface area contributed by atoms with Crippen molar-refractivity contribution in [1.29, 1.82) is 0 Å². The molecular formula is C11H25NO. The van der Waals surface area contributed by atoms with Crippen LogP contribution in [0.4, 0.5) is 0 Å². The molecule has 0 fully saturated rings. The van der Waals surface area contributed by atoms with Crippen LogP contribution >= 0.6 is 0 Å². The van der Waals surface area contributed by atoms with Gasteiger partial charge >= 0.3 is 0 Å². The molecule has 0 unspecified atom stereocenters. The molecule has 2 nitrogen and oxygen atoms in total. The highest BCUT2D eigenvalue weighted by molar-refractivity contribution is 4.62. The molecule has 0 aliphatic rings. The van der Waals surface area contributed by atoms with E-state index in [0.29, 0.717) is 6.04 Å². The second kappa shape index (κ2) is 10.0. The van der Waals surface area contributed by atoms with Gasteiger partial charge in [0.25, 0.3) is 0 Å². The third-order valence-corrected chi connectivity index (χ3v) is 2.14. The van der Waals surface area contributed by atoms with Gasteiger partial charge in [-0.2, -0.15) is 0 Å². The lowest BCUT2D eigenvalue weighted by atomic mass is 10.2. The largest absolute Gasteiger partial charge is 0.380 e. The van der Waals surface area contributed by atoms with Gasteiger partial charge in [-0.1, -0.05) is 27.2 Å². The van der Waals surface area contributed by atoms with Gasteiger partial charge in [0.2, 0.25) is 0 Å². The van der Waals surface area contributed by atoms with Gasteiger partial charge in [-0.15, -0.1) is 0 Å². The second-order valence-electron chi connectivity index (χ2n) is 3.49. The smallest absolute Gasteiger partial charge is 0.0619 e. The molecule has 1 N–H and O–H groups in total. The van der Waals surface area contributed by atoms with Crippen LogP contribution in [0.2, 0.25) is 0 Å². The summed E-state index contributed by atoms with van der Waals surface area (Å²) in [6.07, 6.45) is 4.76. The van der Waals surface area contributed by atoms with Crippen LogP contribution in [0.3, 0.4) is 0 Å². The summed E-state index contributed by atoms with van der Waals surface area (Å²) < 4.78 is 5.56. The zero-order chi connectivity index (χ0) is 9.94. The van der Waals surface area contributed by atoms with Crippen molar-refractivity contribution in [2.75, 3.05) is 19.8 Å². The quantitative estimate of drug-likeness (QED) is 0.560. The Balaban J connectivity index is 3.25. The van der Waals surface area contributed by atoms with Crippen molar-refractivity contribution in [3.63, 3.8) is 0 Å². The predicted octanol–water partition coefficient (Wildman–Crippen LogP) is 2.58. The molecular weight excluding hydrogens is 162 g/mol. The second-order valence-corrected chi connectivity index (χ2v) is 3.49. The van der Waals surface area contributed by atoms with E-state index in [1.807, 2.05) is 0 Å². The number of hydrogen-bond acceptors (Lipinski definition) is 2. The molecule has 1 atom stereocenters. The first-order valence-corrected chi connectivity index (χ1v) is 5.66. The van der Waals surface area contributed by atoms with E-state index in [1.54, 1.807) is 0 Å². The first kappa shape index (κ1) is 12.9. The molecule has 0 saturated heterocycles. The molecule has 0 aliphatic carbocycles. The standard InChI is InChI=1S/C11H25NO/c1-4-7-9-13-10-11(6-3)12-8-5-2/h11-12H,4-10H2,1-3H3/t11-/m1/s1. The lowest BCUT2D eigenvalue weighted by Crippen LogP contribution is -2.33. The average Bonchev–Trinajstić information content (AvgIpc) is 2.17. The summed E-state index contributed by atoms with van der Waals surface area (Å²) in [5, 5.41) is 3.47. The number of nitrogens with one attached hydrogen (secondary N) is 1. The van der Waals surface area contributed by atoms with Crippen molar-refractivity contribution in [2.24, 2.45) is 0 Å². The molecule has 2 heteroatoms. The summed E-state index contributed by atoms with van der Waals surface area (Å²) in [4.78, 5) is 0. The zero-order valence-electron chi connectivity index (χ0n) is 9.44. The van der Waals surface area contributed by atoms with Crippen LogP contribution < -0.4 is 5.32 Å². The SMILES string of the molecule is CCCCOC[C@@H](CC)NCCC. The normalized spacial score (nSPS) is 13.2. The summed E-state index contributed by atoms with van der Waals surface area (Å²) in [6, 6.07) is 0.553. The van der Waals surface area contributed by atoms with Gasteiger partial charge in [0.1, 0.15) is 0 Å². The minimum atomic E-state index is 0.553. The molecule has 0 aromatic heterocycles. The van der Waals surface area contributed by atoms with Gasteiger partial charge in [-0.3, -0.25) is 0 Å². The summed E-state index contributed by atoms with van der Waals surface area (Å²) in [7, 11) is 0. The van der Waals surface area contributed by atoms with E-state index in [0.717, 1.165) is 26.2 Å². The fourth-order valence-corrected chi connectivity index (χ4v) is 1.14. The molecule has 0 radical (unpaired) electrons. The predicted molar refractivity (Wildman–Crippen MR) is 58.1 cm³/mol. The van der Waals surface area contributed by atoms with Crippen LogP contribution in [0.1, 0.15) is 46.5 Å². The van der Waals surface area contributed by atoms with Crippen LogP contribution in [0.15, 0.2) is 0 Å². The minimum absolute atomic E-state index is 0.553. The molecule has 0 aromatic carbocycles. The molecule has 80 valence electrons. The summed E-state index contributed by atoms with van der Waals surface area (Å²) in [5.41, 5.74) is 0. The van der Waals surface area contributed by atoms with Crippen LogP contribution in [0, 0.1) is 0 Å². The number of ether oxygens (including phenoxy) is 1. The Kier molecular flexibility index (Phi) is 9.94. The first-order chi connectivity index (χ1) is 6.35. The maximum absolute atomic E-state index is 5.56. The summed E-state index contributed by atoms with van der Waals surface area (Å²) in [5.74, 6) is 0. The first-order valence-electron chi connectivity index (χ1n) is 5.66. The average molecular weight is 187 g/mol. The Morgan fingerprint density at radius 2 is 1.92 bits per heavy atom. The van der Waals surface area contributed by atoms with Gasteiger partial charge in [-0.25, -0.2) is 0 Å². The van der Waals surface area contributed by atoms with E-state index in [1.165, 1.54) is 19.3 Å². The Bertz CT molecular complexity index is 96.1. The Labute approximate surface area is 83.1 Å². The van der Waals surface area contributed by atoms with Crippen molar-refractivity contribution in [3.05, 3.63) is 0 Å². The Morgan fingerprint density at radius 1 is 1.15 bits per heavy atom. The molecule has 0 aliphatic heterocycles. The van der Waals surface area contributed by atoms with Crippen molar-refractivity contribution in [2.45, 2.75) is 52.5 Å². The van der Waals surface area contributed by atoms with Crippen LogP contribution in [-0.4, -0.2) is 25.8 Å². The highest BCUT2D eigenvalue weighted by atomic mass is 16.5. The molecule has 0 aromatic rings. The van der Waals surface area contributed by atoms with Crippen LogP contribution in [0.25, 0.3) is 0 Å². The molecule has 0 amide bonds. The topological polar surface area (TPSA) is 21.3 Å². The monoisotopic (exact) mass is 187 g/mol. The molecule has 0 saturated carbocycles. The maximum atomic E-state index is 5.56. The lowest BCUT2D eigenvalue weighted by molar-refractivity contribution is 0.108. The highest BCUT2D eigenvalue weighted by Gasteiger charge is 2.03. The summed E-state index contributed by atoms with van der Waals surface area (Å²) in [6.45, 7) is 9.48. The Morgan fingerprint density at radius 3 is 2.46 bits per heavy atom. The van der Waals surface area contributed by atoms with Gasteiger partial charge in [0.05, 0.1) is 6.61 Å². The third kappa shape index (κ3) is 8.26. The van der Waals surface area contributed by atoms with Gasteiger partial charge in [-0.05, 0) is 25.8 Å². The zero-order valence-corrected chi connectivity index (χ0v) is 9.44. The van der Waals surface area contributed by atoms with E-state index >= 15 is 0 Å².